The lowest BCUT2D eigenvalue weighted by molar-refractivity contribution is -0.137. The van der Waals surface area contributed by atoms with Crippen LogP contribution in [0, 0.1) is 11.3 Å². The molecule has 1 heterocycles. The summed E-state index contributed by atoms with van der Waals surface area (Å²) in [5.41, 5.74) is 0.624. The Bertz CT molecular complexity index is 1500. The molecule has 0 saturated heterocycles. The predicted octanol–water partition coefficient (Wildman–Crippen LogP) is 6.23. The SMILES string of the molecule is N#Cc1cc(S(=O)(=O)Nc2ccc(C(F)(F)F)cn2)ccc1Oc1ccccc1-c1ccccc1. The smallest absolute Gasteiger partial charge is 0.417 e. The fraction of sp³-hybridized carbons (Fsp3) is 0.0400. The minimum Gasteiger partial charge on any atom is -0.455 e. The van der Waals surface area contributed by atoms with Crippen molar-refractivity contribution in [1.82, 2.24) is 4.98 Å². The number of benzene rings is 3. The number of nitriles is 1. The molecule has 0 radical (unpaired) electrons. The molecule has 1 aromatic heterocycles. The predicted molar refractivity (Wildman–Crippen MR) is 123 cm³/mol. The van der Waals surface area contributed by atoms with Crippen LogP contribution in [0.15, 0.2) is 96.0 Å². The van der Waals surface area contributed by atoms with Crippen molar-refractivity contribution in [3.05, 3.63) is 102 Å². The highest BCUT2D eigenvalue weighted by Crippen LogP contribution is 2.35. The topological polar surface area (TPSA) is 92.1 Å². The Hall–Kier alpha value is -4.36. The average Bonchev–Trinajstić information content (AvgIpc) is 2.84. The number of nitrogens with one attached hydrogen (secondary N) is 1. The van der Waals surface area contributed by atoms with Gasteiger partial charge in [0.05, 0.1) is 16.0 Å². The molecule has 35 heavy (non-hydrogen) atoms. The third kappa shape index (κ3) is 5.42. The highest BCUT2D eigenvalue weighted by molar-refractivity contribution is 7.92. The Balaban J connectivity index is 1.60. The highest BCUT2D eigenvalue weighted by atomic mass is 32.2. The van der Waals surface area contributed by atoms with Gasteiger partial charge in [0.1, 0.15) is 23.4 Å². The van der Waals surface area contributed by atoms with Crippen LogP contribution in [0.5, 0.6) is 11.5 Å². The quantitative estimate of drug-likeness (QED) is 0.342. The first kappa shape index (κ1) is 23.8. The van der Waals surface area contributed by atoms with Gasteiger partial charge < -0.3 is 4.74 Å². The maximum absolute atomic E-state index is 12.7. The minimum absolute atomic E-state index is 0.0453. The van der Waals surface area contributed by atoms with Gasteiger partial charge in [-0.05, 0) is 42.0 Å². The third-order valence-corrected chi connectivity index (χ3v) is 6.26. The molecule has 0 saturated carbocycles. The lowest BCUT2D eigenvalue weighted by atomic mass is 10.0. The van der Waals surface area contributed by atoms with E-state index in [2.05, 4.69) is 9.71 Å². The van der Waals surface area contributed by atoms with E-state index >= 15 is 0 Å². The number of anilines is 1. The minimum atomic E-state index is -4.60. The van der Waals surface area contributed by atoms with Crippen molar-refractivity contribution < 1.29 is 26.3 Å². The first-order valence-corrected chi connectivity index (χ1v) is 11.6. The van der Waals surface area contributed by atoms with Gasteiger partial charge in [-0.1, -0.05) is 48.5 Å². The molecular weight excluding hydrogens is 479 g/mol. The summed E-state index contributed by atoms with van der Waals surface area (Å²) in [6, 6.07) is 23.9. The van der Waals surface area contributed by atoms with Gasteiger partial charge in [0, 0.05) is 11.8 Å². The van der Waals surface area contributed by atoms with Crippen molar-refractivity contribution in [3.63, 3.8) is 0 Å². The van der Waals surface area contributed by atoms with Crippen molar-refractivity contribution >= 4 is 15.8 Å². The highest BCUT2D eigenvalue weighted by Gasteiger charge is 2.31. The fourth-order valence-electron chi connectivity index (χ4n) is 3.20. The summed E-state index contributed by atoms with van der Waals surface area (Å²) in [5.74, 6) is 0.314. The zero-order chi connectivity index (χ0) is 25.1. The van der Waals surface area contributed by atoms with Crippen molar-refractivity contribution in [2.75, 3.05) is 4.72 Å². The first-order chi connectivity index (χ1) is 16.7. The van der Waals surface area contributed by atoms with Crippen LogP contribution in [0.3, 0.4) is 0 Å². The molecule has 6 nitrogen and oxygen atoms in total. The summed E-state index contributed by atoms with van der Waals surface area (Å²) in [6.07, 6.45) is -4.07. The number of halogens is 3. The molecule has 0 aliphatic heterocycles. The molecule has 0 bridgehead atoms. The van der Waals surface area contributed by atoms with Crippen LogP contribution in [0.4, 0.5) is 19.0 Å². The van der Waals surface area contributed by atoms with E-state index in [1.165, 1.54) is 12.1 Å². The zero-order valence-corrected chi connectivity index (χ0v) is 18.6. The molecule has 3 aromatic carbocycles. The summed E-state index contributed by atoms with van der Waals surface area (Å²) in [5, 5.41) is 9.61. The molecule has 0 unspecified atom stereocenters. The van der Waals surface area contributed by atoms with Gasteiger partial charge >= 0.3 is 6.18 Å². The van der Waals surface area contributed by atoms with E-state index in [-0.39, 0.29) is 22.0 Å². The lowest BCUT2D eigenvalue weighted by Crippen LogP contribution is -2.15. The molecule has 1 N–H and O–H groups in total. The number of alkyl halides is 3. The van der Waals surface area contributed by atoms with Crippen molar-refractivity contribution in [2.45, 2.75) is 11.1 Å². The maximum Gasteiger partial charge on any atom is 0.417 e. The number of hydrogen-bond acceptors (Lipinski definition) is 5. The van der Waals surface area contributed by atoms with Crippen LogP contribution in [0.25, 0.3) is 11.1 Å². The van der Waals surface area contributed by atoms with Crippen molar-refractivity contribution in [3.8, 4) is 28.7 Å². The van der Waals surface area contributed by atoms with Gasteiger partial charge in [0.2, 0.25) is 0 Å². The molecule has 0 spiro atoms. The number of sulfonamides is 1. The average molecular weight is 495 g/mol. The molecule has 10 heteroatoms. The molecule has 0 aliphatic carbocycles. The number of aromatic nitrogens is 1. The second-order valence-corrected chi connectivity index (χ2v) is 8.95. The van der Waals surface area contributed by atoms with E-state index < -0.39 is 21.8 Å². The number of pyridine rings is 1. The third-order valence-electron chi connectivity index (χ3n) is 4.90. The number of ether oxygens (including phenoxy) is 1. The molecule has 0 fully saturated rings. The van der Waals surface area contributed by atoms with Gasteiger partial charge in [-0.2, -0.15) is 18.4 Å². The van der Waals surface area contributed by atoms with Crippen LogP contribution in [0.2, 0.25) is 0 Å². The second-order valence-electron chi connectivity index (χ2n) is 7.27. The van der Waals surface area contributed by atoms with E-state index in [1.54, 1.807) is 12.1 Å². The maximum atomic E-state index is 12.7. The van der Waals surface area contributed by atoms with Crippen LogP contribution >= 0.6 is 0 Å². The molecule has 4 aromatic rings. The number of rotatable bonds is 6. The van der Waals surface area contributed by atoms with Crippen molar-refractivity contribution in [1.29, 1.82) is 5.26 Å². The molecular formula is C25H16F3N3O3S. The van der Waals surface area contributed by atoms with E-state index in [0.717, 1.165) is 23.3 Å². The largest absolute Gasteiger partial charge is 0.455 e. The Morgan fingerprint density at radius 2 is 1.60 bits per heavy atom. The molecule has 0 aliphatic rings. The van der Waals surface area contributed by atoms with Gasteiger partial charge in [0.15, 0.2) is 0 Å². The van der Waals surface area contributed by atoms with Crippen LogP contribution < -0.4 is 9.46 Å². The zero-order valence-electron chi connectivity index (χ0n) is 17.8. The van der Waals surface area contributed by atoms with Gasteiger partial charge in [-0.15, -0.1) is 0 Å². The number of para-hydroxylation sites is 1. The van der Waals surface area contributed by atoms with E-state index in [0.29, 0.717) is 18.0 Å². The van der Waals surface area contributed by atoms with Crippen molar-refractivity contribution in [2.24, 2.45) is 0 Å². The summed E-state index contributed by atoms with van der Waals surface area (Å²) in [7, 11) is -4.24. The monoisotopic (exact) mass is 495 g/mol. The summed E-state index contributed by atoms with van der Waals surface area (Å²) < 4.78 is 71.6. The van der Waals surface area contributed by atoms with E-state index in [1.807, 2.05) is 48.5 Å². The second kappa shape index (κ2) is 9.48. The lowest BCUT2D eigenvalue weighted by Gasteiger charge is -2.14. The Labute approximate surface area is 199 Å². The number of nitrogens with zero attached hydrogens (tertiary/aromatic N) is 2. The van der Waals surface area contributed by atoms with Gasteiger partial charge in [-0.25, -0.2) is 13.4 Å². The molecule has 0 amide bonds. The molecule has 176 valence electrons. The summed E-state index contributed by atoms with van der Waals surface area (Å²) in [4.78, 5) is 3.23. The Kier molecular flexibility index (Phi) is 6.44. The fourth-order valence-corrected chi connectivity index (χ4v) is 4.24. The first-order valence-electron chi connectivity index (χ1n) is 10.1. The standard InChI is InChI=1S/C25H16F3N3O3S/c26-25(27,28)19-10-13-24(30-16-19)31-35(32,33)20-11-12-22(18(14-20)15-29)34-23-9-5-4-8-21(23)17-6-2-1-3-7-17/h1-14,16H,(H,30,31). The Morgan fingerprint density at radius 3 is 2.26 bits per heavy atom. The van der Waals surface area contributed by atoms with Gasteiger partial charge in [0.25, 0.3) is 10.0 Å². The van der Waals surface area contributed by atoms with E-state index in [4.69, 9.17) is 4.74 Å². The van der Waals surface area contributed by atoms with Crippen LogP contribution in [-0.2, 0) is 16.2 Å². The summed E-state index contributed by atoms with van der Waals surface area (Å²) in [6.45, 7) is 0. The molecule has 4 rings (SSSR count). The summed E-state index contributed by atoms with van der Waals surface area (Å²) >= 11 is 0. The van der Waals surface area contributed by atoms with Crippen LogP contribution in [-0.4, -0.2) is 13.4 Å². The van der Waals surface area contributed by atoms with Gasteiger partial charge in [-0.3, -0.25) is 4.72 Å². The normalized spacial score (nSPS) is 11.5. The van der Waals surface area contributed by atoms with Crippen LogP contribution in [0.1, 0.15) is 11.1 Å². The Morgan fingerprint density at radius 1 is 0.886 bits per heavy atom. The van der Waals surface area contributed by atoms with E-state index in [9.17, 15) is 26.9 Å². The number of hydrogen-bond donors (Lipinski definition) is 1. The molecule has 0 atom stereocenters.